The Balaban J connectivity index is 1.48. The molecule has 2 aromatic rings. The van der Waals surface area contributed by atoms with E-state index in [1.165, 1.54) is 0 Å². The fourth-order valence-electron chi connectivity index (χ4n) is 2.52. The van der Waals surface area contributed by atoms with Gasteiger partial charge in [0.15, 0.2) is 0 Å². The highest BCUT2D eigenvalue weighted by atomic mass is 16.2. The van der Waals surface area contributed by atoms with Crippen molar-refractivity contribution in [3.63, 3.8) is 0 Å². The largest absolute Gasteiger partial charge is 0.354 e. The highest BCUT2D eigenvalue weighted by Crippen LogP contribution is 2.13. The van der Waals surface area contributed by atoms with Gasteiger partial charge in [-0.3, -0.25) is 5.32 Å². The van der Waals surface area contributed by atoms with E-state index in [1.54, 1.807) is 18.3 Å². The molecule has 2 amide bonds. The third-order valence-electron chi connectivity index (χ3n) is 4.00. The van der Waals surface area contributed by atoms with Gasteiger partial charge in [-0.05, 0) is 30.8 Å². The van der Waals surface area contributed by atoms with Gasteiger partial charge in [-0.2, -0.15) is 0 Å². The molecule has 1 fully saturated rings. The van der Waals surface area contributed by atoms with Crippen LogP contribution in [0.5, 0.6) is 0 Å². The first kappa shape index (κ1) is 16.2. The van der Waals surface area contributed by atoms with E-state index in [0.717, 1.165) is 37.6 Å². The van der Waals surface area contributed by atoms with Gasteiger partial charge in [0.2, 0.25) is 0 Å². The van der Waals surface area contributed by atoms with Gasteiger partial charge in [-0.25, -0.2) is 14.8 Å². The van der Waals surface area contributed by atoms with Crippen molar-refractivity contribution < 1.29 is 4.79 Å². The first-order valence-corrected chi connectivity index (χ1v) is 8.05. The zero-order valence-corrected chi connectivity index (χ0v) is 13.8. The van der Waals surface area contributed by atoms with E-state index < -0.39 is 0 Å². The number of nitrogens with one attached hydrogen (secondary N) is 2. The molecule has 0 radical (unpaired) electrons. The Kier molecular flexibility index (Phi) is 5.22. The van der Waals surface area contributed by atoms with Gasteiger partial charge in [-0.15, -0.1) is 0 Å². The standard InChI is InChI=1S/C17H22N6O/c1-22-8-10-23(11-9-22)16-6-5-14(12-19-16)13-20-17(24)21-15-4-2-3-7-18-15/h2-7,12H,8-11,13H2,1H3,(H2,18,20,21,24). The van der Waals surface area contributed by atoms with Crippen molar-refractivity contribution >= 4 is 17.7 Å². The van der Waals surface area contributed by atoms with Gasteiger partial charge in [0.25, 0.3) is 0 Å². The summed E-state index contributed by atoms with van der Waals surface area (Å²) in [5.74, 6) is 1.52. The minimum atomic E-state index is -0.281. The molecule has 1 aliphatic heterocycles. The van der Waals surface area contributed by atoms with E-state index in [9.17, 15) is 4.79 Å². The number of nitrogens with zero attached hydrogens (tertiary/aromatic N) is 4. The van der Waals surface area contributed by atoms with Crippen LogP contribution in [0.2, 0.25) is 0 Å². The summed E-state index contributed by atoms with van der Waals surface area (Å²) in [5.41, 5.74) is 0.962. The van der Waals surface area contributed by atoms with Crippen molar-refractivity contribution in [2.45, 2.75) is 6.54 Å². The van der Waals surface area contributed by atoms with Gasteiger partial charge in [0.1, 0.15) is 11.6 Å². The molecule has 1 aliphatic rings. The van der Waals surface area contributed by atoms with Crippen LogP contribution in [-0.2, 0) is 6.54 Å². The number of hydrogen-bond donors (Lipinski definition) is 2. The van der Waals surface area contributed by atoms with Crippen molar-refractivity contribution in [1.82, 2.24) is 20.2 Å². The normalized spacial score (nSPS) is 15.1. The first-order chi connectivity index (χ1) is 11.7. The molecule has 0 aromatic carbocycles. The maximum absolute atomic E-state index is 11.8. The summed E-state index contributed by atoms with van der Waals surface area (Å²) in [6.45, 7) is 4.52. The molecule has 7 heteroatoms. The maximum Gasteiger partial charge on any atom is 0.320 e. The van der Waals surface area contributed by atoms with E-state index in [1.807, 2.05) is 24.4 Å². The van der Waals surface area contributed by atoms with Crippen LogP contribution < -0.4 is 15.5 Å². The lowest BCUT2D eigenvalue weighted by atomic mass is 10.2. The average molecular weight is 326 g/mol. The Hall–Kier alpha value is -2.67. The van der Waals surface area contributed by atoms with Crippen molar-refractivity contribution in [2.24, 2.45) is 0 Å². The van der Waals surface area contributed by atoms with Crippen LogP contribution in [0.4, 0.5) is 16.4 Å². The smallest absolute Gasteiger partial charge is 0.320 e. The van der Waals surface area contributed by atoms with Crippen LogP contribution >= 0.6 is 0 Å². The lowest BCUT2D eigenvalue weighted by Gasteiger charge is -2.33. The SMILES string of the molecule is CN1CCN(c2ccc(CNC(=O)Nc3ccccn3)cn2)CC1. The second kappa shape index (κ2) is 7.74. The molecule has 2 N–H and O–H groups in total. The number of hydrogen-bond acceptors (Lipinski definition) is 5. The molecule has 3 rings (SSSR count). The van der Waals surface area contributed by atoms with Gasteiger partial charge in [0, 0.05) is 45.1 Å². The van der Waals surface area contributed by atoms with Gasteiger partial charge in [0.05, 0.1) is 0 Å². The summed E-state index contributed by atoms with van der Waals surface area (Å²) in [5, 5.41) is 5.49. The summed E-state index contributed by atoms with van der Waals surface area (Å²) in [7, 11) is 2.13. The maximum atomic E-state index is 11.8. The lowest BCUT2D eigenvalue weighted by molar-refractivity contribution is 0.251. The zero-order valence-electron chi connectivity index (χ0n) is 13.8. The number of piperazine rings is 1. The third kappa shape index (κ3) is 4.42. The van der Waals surface area contributed by atoms with Crippen LogP contribution in [0.3, 0.4) is 0 Å². The van der Waals surface area contributed by atoms with Crippen LogP contribution in [0.1, 0.15) is 5.56 Å². The predicted octanol–water partition coefficient (Wildman–Crippen LogP) is 1.55. The molecule has 7 nitrogen and oxygen atoms in total. The zero-order chi connectivity index (χ0) is 16.8. The summed E-state index contributed by atoms with van der Waals surface area (Å²) >= 11 is 0. The number of pyridine rings is 2. The molecule has 1 saturated heterocycles. The number of urea groups is 1. The Morgan fingerprint density at radius 3 is 2.62 bits per heavy atom. The van der Waals surface area contributed by atoms with Crippen molar-refractivity contribution in [3.05, 3.63) is 48.3 Å². The Morgan fingerprint density at radius 1 is 1.12 bits per heavy atom. The predicted molar refractivity (Wildman–Crippen MR) is 94.0 cm³/mol. The summed E-state index contributed by atoms with van der Waals surface area (Å²) in [4.78, 5) is 25.0. The monoisotopic (exact) mass is 326 g/mol. The average Bonchev–Trinajstić information content (AvgIpc) is 2.62. The first-order valence-electron chi connectivity index (χ1n) is 8.05. The van der Waals surface area contributed by atoms with E-state index in [-0.39, 0.29) is 6.03 Å². The van der Waals surface area contributed by atoms with Crippen LogP contribution in [0, 0.1) is 0 Å². The molecule has 126 valence electrons. The number of amides is 2. The van der Waals surface area contributed by atoms with Gasteiger partial charge < -0.3 is 15.1 Å². The van der Waals surface area contributed by atoms with Crippen LogP contribution in [0.15, 0.2) is 42.7 Å². The number of rotatable bonds is 4. The van der Waals surface area contributed by atoms with E-state index in [4.69, 9.17) is 0 Å². The Labute approximate surface area is 141 Å². The Morgan fingerprint density at radius 2 is 1.96 bits per heavy atom. The molecule has 2 aromatic heterocycles. The molecule has 0 saturated carbocycles. The third-order valence-corrected chi connectivity index (χ3v) is 4.00. The molecule has 0 atom stereocenters. The number of carbonyl (C=O) groups is 1. The quantitative estimate of drug-likeness (QED) is 0.892. The number of anilines is 2. The van der Waals surface area contributed by atoms with Crippen molar-refractivity contribution in [2.75, 3.05) is 43.4 Å². The van der Waals surface area contributed by atoms with Crippen LogP contribution in [0.25, 0.3) is 0 Å². The second-order valence-corrected chi connectivity index (χ2v) is 5.84. The fraction of sp³-hybridized carbons (Fsp3) is 0.353. The summed E-state index contributed by atoms with van der Waals surface area (Å²) < 4.78 is 0. The highest BCUT2D eigenvalue weighted by molar-refractivity contribution is 5.88. The van der Waals surface area contributed by atoms with E-state index >= 15 is 0 Å². The topological polar surface area (TPSA) is 73.4 Å². The lowest BCUT2D eigenvalue weighted by Crippen LogP contribution is -2.44. The van der Waals surface area contributed by atoms with Gasteiger partial charge >= 0.3 is 6.03 Å². The molecule has 24 heavy (non-hydrogen) atoms. The fourth-order valence-corrected chi connectivity index (χ4v) is 2.52. The van der Waals surface area contributed by atoms with Crippen molar-refractivity contribution in [1.29, 1.82) is 0 Å². The van der Waals surface area contributed by atoms with Crippen LogP contribution in [-0.4, -0.2) is 54.1 Å². The minimum absolute atomic E-state index is 0.281. The molecule has 0 unspecified atom stereocenters. The van der Waals surface area contributed by atoms with E-state index in [2.05, 4.69) is 37.4 Å². The molecule has 0 spiro atoms. The second-order valence-electron chi connectivity index (χ2n) is 5.84. The summed E-state index contributed by atoms with van der Waals surface area (Å²) in [6.07, 6.45) is 3.45. The number of aromatic nitrogens is 2. The van der Waals surface area contributed by atoms with E-state index in [0.29, 0.717) is 12.4 Å². The Bertz CT molecular complexity index is 653. The molecular formula is C17H22N6O. The van der Waals surface area contributed by atoms with Crippen molar-refractivity contribution in [3.8, 4) is 0 Å². The molecule has 0 bridgehead atoms. The molecular weight excluding hydrogens is 304 g/mol. The number of carbonyl (C=O) groups excluding carboxylic acids is 1. The minimum Gasteiger partial charge on any atom is -0.354 e. The molecule has 3 heterocycles. The van der Waals surface area contributed by atoms with Gasteiger partial charge in [-0.1, -0.05) is 12.1 Å². The number of likely N-dealkylation sites (N-methyl/N-ethyl adjacent to an activating group) is 1. The summed E-state index contributed by atoms with van der Waals surface area (Å²) in [6, 6.07) is 9.10. The molecule has 0 aliphatic carbocycles. The highest BCUT2D eigenvalue weighted by Gasteiger charge is 2.14.